The Morgan fingerprint density at radius 2 is 1.97 bits per heavy atom. The van der Waals surface area contributed by atoms with Crippen LogP contribution in [0.25, 0.3) is 0 Å². The normalized spacial score (nSPS) is 45.8. The summed E-state index contributed by atoms with van der Waals surface area (Å²) in [7, 11) is 0. The van der Waals surface area contributed by atoms with E-state index in [0.29, 0.717) is 24.8 Å². The lowest BCUT2D eigenvalue weighted by atomic mass is 9.44. The van der Waals surface area contributed by atoms with E-state index >= 15 is 4.39 Å². The number of ether oxygens (including phenoxy) is 1. The highest BCUT2D eigenvalue weighted by Crippen LogP contribution is 2.71. The Kier molecular flexibility index (Phi) is 6.76. The van der Waals surface area contributed by atoms with Crippen molar-refractivity contribution in [2.45, 2.75) is 77.2 Å². The predicted molar refractivity (Wildman–Crippen MR) is 125 cm³/mol. The summed E-state index contributed by atoms with van der Waals surface area (Å²) in [5.74, 6) is -2.57. The van der Waals surface area contributed by atoms with Crippen molar-refractivity contribution in [1.82, 2.24) is 0 Å². The molecule has 0 radical (unpaired) electrons. The van der Waals surface area contributed by atoms with Crippen LogP contribution in [0.4, 0.5) is 4.39 Å². The third kappa shape index (κ3) is 3.16. The third-order valence-corrected chi connectivity index (χ3v) is 9.52. The fourth-order valence-electron chi connectivity index (χ4n) is 7.75. The van der Waals surface area contributed by atoms with Crippen molar-refractivity contribution in [2.24, 2.45) is 28.6 Å². The molecule has 0 spiro atoms. The van der Waals surface area contributed by atoms with E-state index < -0.39 is 40.1 Å². The summed E-state index contributed by atoms with van der Waals surface area (Å²) in [4.78, 5) is 37.7. The monoisotopic (exact) mass is 502 g/mol. The van der Waals surface area contributed by atoms with Crippen molar-refractivity contribution in [3.8, 4) is 0 Å². The summed E-state index contributed by atoms with van der Waals surface area (Å²) >= 11 is 6.01. The van der Waals surface area contributed by atoms with Crippen LogP contribution >= 0.6 is 24.0 Å². The van der Waals surface area contributed by atoms with Crippen LogP contribution < -0.4 is 0 Å². The highest BCUT2D eigenvalue weighted by atomic mass is 35.5. The van der Waals surface area contributed by atoms with E-state index in [2.05, 4.69) is 0 Å². The summed E-state index contributed by atoms with van der Waals surface area (Å²) in [6.07, 6.45) is 4.67. The van der Waals surface area contributed by atoms with Gasteiger partial charge < -0.3 is 9.84 Å². The van der Waals surface area contributed by atoms with Crippen molar-refractivity contribution in [3.63, 3.8) is 0 Å². The van der Waals surface area contributed by atoms with Gasteiger partial charge in [-0.15, -0.1) is 24.0 Å². The number of alkyl halides is 2. The molecule has 8 atom stereocenters. The van der Waals surface area contributed by atoms with Gasteiger partial charge in [-0.3, -0.25) is 14.4 Å². The molecule has 8 heteroatoms. The number of ketones is 2. The van der Waals surface area contributed by atoms with Crippen molar-refractivity contribution in [3.05, 3.63) is 23.8 Å². The van der Waals surface area contributed by atoms with E-state index in [4.69, 9.17) is 16.3 Å². The maximum Gasteiger partial charge on any atom is 0.306 e. The van der Waals surface area contributed by atoms with Crippen LogP contribution in [-0.4, -0.2) is 45.9 Å². The van der Waals surface area contributed by atoms with Gasteiger partial charge in [-0.2, -0.15) is 0 Å². The molecule has 0 aromatic carbocycles. The van der Waals surface area contributed by atoms with Crippen LogP contribution in [0.2, 0.25) is 0 Å². The molecular formula is C25H33Cl2FO5. The van der Waals surface area contributed by atoms with Gasteiger partial charge in [-0.1, -0.05) is 32.4 Å². The molecule has 33 heavy (non-hydrogen) atoms. The summed E-state index contributed by atoms with van der Waals surface area (Å²) in [5, 5.41) is 11.4. The second kappa shape index (κ2) is 8.46. The highest BCUT2D eigenvalue weighted by Gasteiger charge is 2.77. The smallest absolute Gasteiger partial charge is 0.306 e. The van der Waals surface area contributed by atoms with Crippen molar-refractivity contribution < 1.29 is 28.6 Å². The molecule has 184 valence electrons. The third-order valence-electron chi connectivity index (χ3n) is 9.28. The number of hydrogen-bond acceptors (Lipinski definition) is 5. The molecule has 5 nitrogen and oxygen atoms in total. The first kappa shape index (κ1) is 26.4. The van der Waals surface area contributed by atoms with Gasteiger partial charge in [0.2, 0.25) is 0 Å². The lowest BCUT2D eigenvalue weighted by molar-refractivity contribution is -0.227. The first-order valence-electron chi connectivity index (χ1n) is 11.5. The zero-order chi connectivity index (χ0) is 23.7. The predicted octanol–water partition coefficient (Wildman–Crippen LogP) is 4.52. The van der Waals surface area contributed by atoms with Crippen LogP contribution in [0.15, 0.2) is 23.8 Å². The van der Waals surface area contributed by atoms with Gasteiger partial charge >= 0.3 is 5.97 Å². The molecule has 0 unspecified atom stereocenters. The molecule has 0 aliphatic heterocycles. The maximum absolute atomic E-state index is 17.2. The van der Waals surface area contributed by atoms with Gasteiger partial charge in [0.25, 0.3) is 0 Å². The van der Waals surface area contributed by atoms with E-state index in [9.17, 15) is 19.5 Å². The number of allylic oxidation sites excluding steroid dienone is 4. The van der Waals surface area contributed by atoms with E-state index in [0.717, 1.165) is 0 Å². The number of halogens is 3. The number of aliphatic hydroxyl groups excluding tert-OH is 1. The number of fused-ring (bicyclic) bond motifs is 5. The highest BCUT2D eigenvalue weighted by molar-refractivity contribution is 6.29. The molecule has 0 aromatic heterocycles. The molecule has 0 bridgehead atoms. The Labute approximate surface area is 205 Å². The molecule has 0 amide bonds. The molecule has 4 rings (SSSR count). The molecular weight excluding hydrogens is 470 g/mol. The number of rotatable bonds is 4. The topological polar surface area (TPSA) is 80.7 Å². The number of hydrogen-bond donors (Lipinski definition) is 1. The lowest BCUT2D eigenvalue weighted by Gasteiger charge is -2.62. The van der Waals surface area contributed by atoms with E-state index in [-0.39, 0.29) is 54.5 Å². The number of aliphatic hydroxyl groups is 1. The number of Topliss-reactive ketones (excluding diaryl/α,β-unsaturated/α-hetero) is 1. The van der Waals surface area contributed by atoms with Gasteiger partial charge in [0.1, 0.15) is 0 Å². The fraction of sp³-hybridized carbons (Fsp3) is 0.720. The second-order valence-electron chi connectivity index (χ2n) is 10.5. The van der Waals surface area contributed by atoms with Gasteiger partial charge in [0, 0.05) is 29.1 Å². The number of carbonyl (C=O) groups excluding carboxylic acids is 3. The van der Waals surface area contributed by atoms with Crippen LogP contribution in [0.1, 0.15) is 59.8 Å². The lowest BCUT2D eigenvalue weighted by Crippen LogP contribution is -2.70. The summed E-state index contributed by atoms with van der Waals surface area (Å²) in [6, 6.07) is 0. The Hall–Kier alpha value is -1.24. The Bertz CT molecular complexity index is 934. The molecule has 3 fully saturated rings. The van der Waals surface area contributed by atoms with Gasteiger partial charge in [0.05, 0.1) is 12.0 Å². The second-order valence-corrected chi connectivity index (χ2v) is 10.8. The van der Waals surface area contributed by atoms with Crippen molar-refractivity contribution >= 4 is 41.5 Å². The van der Waals surface area contributed by atoms with E-state index in [1.165, 1.54) is 12.2 Å². The zero-order valence-corrected chi connectivity index (χ0v) is 21.1. The van der Waals surface area contributed by atoms with Crippen molar-refractivity contribution in [1.29, 1.82) is 0 Å². The molecule has 1 N–H and O–H groups in total. The molecule has 0 saturated heterocycles. The van der Waals surface area contributed by atoms with E-state index in [1.54, 1.807) is 19.9 Å². The molecule has 4 aliphatic carbocycles. The minimum absolute atomic E-state index is 0. The maximum atomic E-state index is 17.2. The van der Waals surface area contributed by atoms with E-state index in [1.807, 2.05) is 13.8 Å². The minimum atomic E-state index is -1.99. The average Bonchev–Trinajstić information content (AvgIpc) is 2.96. The Morgan fingerprint density at radius 3 is 2.58 bits per heavy atom. The van der Waals surface area contributed by atoms with Crippen molar-refractivity contribution in [2.75, 3.05) is 5.88 Å². The minimum Gasteiger partial charge on any atom is -0.450 e. The fourth-order valence-corrected chi connectivity index (χ4v) is 7.95. The summed E-state index contributed by atoms with van der Waals surface area (Å²) < 4.78 is 23.1. The Balaban J connectivity index is 0.00000306. The first-order valence-corrected chi connectivity index (χ1v) is 12.1. The molecule has 4 aliphatic rings. The zero-order valence-electron chi connectivity index (χ0n) is 19.5. The van der Waals surface area contributed by atoms with Crippen LogP contribution in [0, 0.1) is 28.6 Å². The van der Waals surface area contributed by atoms with Crippen LogP contribution in [-0.2, 0) is 19.1 Å². The number of esters is 1. The van der Waals surface area contributed by atoms with Gasteiger partial charge in [-0.05, 0) is 50.7 Å². The summed E-state index contributed by atoms with van der Waals surface area (Å²) in [5.41, 5.74) is -4.83. The largest absolute Gasteiger partial charge is 0.450 e. The summed E-state index contributed by atoms with van der Waals surface area (Å²) in [6.45, 7) is 7.13. The average molecular weight is 503 g/mol. The molecule has 0 heterocycles. The standard InChI is InChI=1S/C25H32ClFO5.ClH/c1-5-21(31)32-25(20(30)13-26)14(2)10-18-17-7-6-15-11-16(28)8-9-22(15,3)24(17,27)19(29)12-23(18,25)4;/h8-9,11,14,17-19,29H,5-7,10,12-13H2,1-4H3;1H/t14-,17-,18-,19-,22-,23-,24-,25-;/m0./s1. The quantitative estimate of drug-likeness (QED) is 0.451. The molecule has 3 saturated carbocycles. The van der Waals surface area contributed by atoms with Crippen LogP contribution in [0.3, 0.4) is 0 Å². The number of carbonyl (C=O) groups is 3. The van der Waals surface area contributed by atoms with Gasteiger partial charge in [-0.25, -0.2) is 4.39 Å². The SMILES string of the molecule is CCC(=O)O[C@]1(C(=O)CCl)[C@@H](C)C[C@H]2[C@@H]3CCC4=CC(=O)C=C[C@]4(C)[C@@]3(F)[C@@H](O)C[C@@]21C.Cl. The Morgan fingerprint density at radius 1 is 1.30 bits per heavy atom. The van der Waals surface area contributed by atoms with Crippen LogP contribution in [0.5, 0.6) is 0 Å². The van der Waals surface area contributed by atoms with Gasteiger partial charge in [0.15, 0.2) is 22.8 Å². The first-order chi connectivity index (χ1) is 14.9. The molecule has 0 aromatic rings.